The molecule has 8 nitrogen and oxygen atoms in total. The van der Waals surface area contributed by atoms with Gasteiger partial charge in [-0.05, 0) is 62.6 Å². The fourth-order valence-electron chi connectivity index (χ4n) is 2.83. The standard InChI is InChI=1S/C29H32O8/c1-19(2)27(30)35-16-14-33-25-13-11-23(18-26(25)34-15-17-36-28(31)20(3)4)22-8-7-9-24(12-10-22)37-29(32)21(5)6/h8-13,18H,1,3,5,7,14-17H2,2,4,6H3. The van der Waals surface area contributed by atoms with Crippen LogP contribution in [0.3, 0.4) is 0 Å². The molecule has 1 aromatic rings. The number of ether oxygens (including phenoxy) is 5. The number of benzene rings is 1. The third kappa shape index (κ3) is 9.68. The van der Waals surface area contributed by atoms with Gasteiger partial charge in [-0.2, -0.15) is 0 Å². The van der Waals surface area contributed by atoms with Gasteiger partial charge in [0.25, 0.3) is 0 Å². The van der Waals surface area contributed by atoms with Crippen LogP contribution < -0.4 is 9.47 Å². The summed E-state index contributed by atoms with van der Waals surface area (Å²) in [5.74, 6) is -0.220. The molecule has 0 N–H and O–H groups in total. The Hall–Kier alpha value is -4.33. The predicted molar refractivity (Wildman–Crippen MR) is 140 cm³/mol. The van der Waals surface area contributed by atoms with E-state index in [1.54, 1.807) is 45.1 Å². The van der Waals surface area contributed by atoms with E-state index < -0.39 is 17.9 Å². The first-order valence-electron chi connectivity index (χ1n) is 11.6. The topological polar surface area (TPSA) is 97.4 Å². The van der Waals surface area contributed by atoms with Gasteiger partial charge in [0, 0.05) is 16.7 Å². The quantitative estimate of drug-likeness (QED) is 0.158. The predicted octanol–water partition coefficient (Wildman–Crippen LogP) is 5.03. The first-order valence-corrected chi connectivity index (χ1v) is 11.6. The van der Waals surface area contributed by atoms with Crippen LogP contribution in [-0.2, 0) is 28.6 Å². The van der Waals surface area contributed by atoms with Crippen molar-refractivity contribution in [3.05, 3.63) is 90.3 Å². The van der Waals surface area contributed by atoms with Crippen LogP contribution in [0.1, 0.15) is 32.8 Å². The van der Waals surface area contributed by atoms with Crippen LogP contribution in [0, 0.1) is 0 Å². The van der Waals surface area contributed by atoms with Crippen molar-refractivity contribution in [3.8, 4) is 11.5 Å². The average Bonchev–Trinajstić information content (AvgIpc) is 3.09. The van der Waals surface area contributed by atoms with E-state index >= 15 is 0 Å². The SMILES string of the molecule is C=C(C)C(=O)OCCOc1ccc(C2=CCC=C(OC(=O)C(=C)C)C=C2)cc1OCCOC(=O)C(=C)C. The van der Waals surface area contributed by atoms with Crippen LogP contribution in [0.5, 0.6) is 11.5 Å². The molecule has 0 spiro atoms. The number of rotatable bonds is 13. The smallest absolute Gasteiger partial charge is 0.338 e. The van der Waals surface area contributed by atoms with Gasteiger partial charge >= 0.3 is 17.9 Å². The third-order valence-electron chi connectivity index (χ3n) is 4.77. The summed E-state index contributed by atoms with van der Waals surface area (Å²) >= 11 is 0. The Morgan fingerprint density at radius 2 is 1.30 bits per heavy atom. The van der Waals surface area contributed by atoms with Crippen LogP contribution in [-0.4, -0.2) is 44.3 Å². The fraction of sp³-hybridized carbons (Fsp3) is 0.276. The molecule has 0 unspecified atom stereocenters. The largest absolute Gasteiger partial charge is 0.486 e. The van der Waals surface area contributed by atoms with E-state index in [4.69, 9.17) is 23.7 Å². The monoisotopic (exact) mass is 508 g/mol. The lowest BCUT2D eigenvalue weighted by Gasteiger charge is -2.15. The third-order valence-corrected chi connectivity index (χ3v) is 4.77. The Morgan fingerprint density at radius 3 is 1.86 bits per heavy atom. The lowest BCUT2D eigenvalue weighted by molar-refractivity contribution is -0.140. The molecule has 0 atom stereocenters. The van der Waals surface area contributed by atoms with Gasteiger partial charge in [-0.1, -0.05) is 38.0 Å². The second kappa shape index (κ2) is 14.3. The average molecular weight is 509 g/mol. The Bertz CT molecular complexity index is 1170. The zero-order chi connectivity index (χ0) is 27.4. The van der Waals surface area contributed by atoms with Crippen LogP contribution in [0.25, 0.3) is 5.57 Å². The maximum atomic E-state index is 11.8. The molecule has 0 aliphatic heterocycles. The Morgan fingerprint density at radius 1 is 0.730 bits per heavy atom. The number of allylic oxidation sites excluding steroid dienone is 5. The highest BCUT2D eigenvalue weighted by atomic mass is 16.6. The number of carbonyl (C=O) groups is 3. The van der Waals surface area contributed by atoms with Crippen LogP contribution in [0.2, 0.25) is 0 Å². The molecule has 1 aromatic carbocycles. The lowest BCUT2D eigenvalue weighted by Crippen LogP contribution is -2.14. The van der Waals surface area contributed by atoms with Gasteiger partial charge in [0.1, 0.15) is 32.2 Å². The van der Waals surface area contributed by atoms with E-state index in [1.165, 1.54) is 0 Å². The molecule has 1 aliphatic carbocycles. The minimum absolute atomic E-state index is 0.0234. The van der Waals surface area contributed by atoms with Gasteiger partial charge < -0.3 is 23.7 Å². The summed E-state index contributed by atoms with van der Waals surface area (Å²) in [4.78, 5) is 35.0. The summed E-state index contributed by atoms with van der Waals surface area (Å²) in [6.07, 6.45) is 7.85. The zero-order valence-electron chi connectivity index (χ0n) is 21.5. The Labute approximate surface area is 217 Å². The first-order chi connectivity index (χ1) is 17.6. The molecule has 1 aliphatic rings. The van der Waals surface area contributed by atoms with Crippen LogP contribution in [0.15, 0.2) is 84.7 Å². The highest BCUT2D eigenvalue weighted by Crippen LogP contribution is 2.32. The van der Waals surface area contributed by atoms with Crippen molar-refractivity contribution in [3.63, 3.8) is 0 Å². The number of esters is 3. The van der Waals surface area contributed by atoms with Crippen molar-refractivity contribution < 1.29 is 38.1 Å². The molecule has 8 heteroatoms. The summed E-state index contributed by atoms with van der Waals surface area (Å²) in [7, 11) is 0. The Kier molecular flexibility index (Phi) is 11.2. The number of hydrogen-bond donors (Lipinski definition) is 0. The highest BCUT2D eigenvalue weighted by Gasteiger charge is 2.13. The molecule has 0 aromatic heterocycles. The summed E-state index contributed by atoms with van der Waals surface area (Å²) in [6, 6.07) is 5.38. The molecule has 0 radical (unpaired) electrons. The van der Waals surface area contributed by atoms with Gasteiger partial charge in [-0.25, -0.2) is 14.4 Å². The van der Waals surface area contributed by atoms with E-state index in [1.807, 2.05) is 18.2 Å². The van der Waals surface area contributed by atoms with E-state index in [9.17, 15) is 14.4 Å². The molecule has 0 saturated heterocycles. The van der Waals surface area contributed by atoms with E-state index in [0.717, 1.165) is 11.1 Å². The number of carbonyl (C=O) groups excluding carboxylic acids is 3. The summed E-state index contributed by atoms with van der Waals surface area (Å²) in [6.45, 7) is 15.6. The van der Waals surface area contributed by atoms with E-state index in [-0.39, 0.29) is 26.4 Å². The second-order valence-corrected chi connectivity index (χ2v) is 8.20. The van der Waals surface area contributed by atoms with Crippen molar-refractivity contribution in [2.24, 2.45) is 0 Å². The maximum Gasteiger partial charge on any atom is 0.338 e. The van der Waals surface area contributed by atoms with E-state index in [2.05, 4.69) is 19.7 Å². The Balaban J connectivity index is 2.13. The highest BCUT2D eigenvalue weighted by molar-refractivity contribution is 5.88. The number of hydrogen-bond acceptors (Lipinski definition) is 8. The molecular formula is C29H32O8. The van der Waals surface area contributed by atoms with Gasteiger partial charge in [-0.15, -0.1) is 0 Å². The zero-order valence-corrected chi connectivity index (χ0v) is 21.5. The van der Waals surface area contributed by atoms with Crippen molar-refractivity contribution in [2.45, 2.75) is 27.2 Å². The molecule has 196 valence electrons. The van der Waals surface area contributed by atoms with Crippen molar-refractivity contribution >= 4 is 23.5 Å². The molecule has 0 fully saturated rings. The summed E-state index contributed by atoms with van der Waals surface area (Å²) < 4.78 is 27.1. The molecule has 0 bridgehead atoms. The fourth-order valence-corrected chi connectivity index (χ4v) is 2.83. The van der Waals surface area contributed by atoms with Crippen LogP contribution >= 0.6 is 0 Å². The molecule has 0 amide bonds. The normalized spacial score (nSPS) is 12.3. The second-order valence-electron chi connectivity index (χ2n) is 8.20. The van der Waals surface area contributed by atoms with Crippen molar-refractivity contribution in [1.82, 2.24) is 0 Å². The van der Waals surface area contributed by atoms with E-state index in [0.29, 0.717) is 40.4 Å². The summed E-state index contributed by atoms with van der Waals surface area (Å²) in [5, 5.41) is 0. The van der Waals surface area contributed by atoms with Crippen LogP contribution in [0.4, 0.5) is 0 Å². The first kappa shape index (κ1) is 28.9. The maximum absolute atomic E-state index is 11.8. The van der Waals surface area contributed by atoms with Gasteiger partial charge in [-0.3, -0.25) is 0 Å². The van der Waals surface area contributed by atoms with Gasteiger partial charge in [0.15, 0.2) is 11.5 Å². The van der Waals surface area contributed by atoms with Gasteiger partial charge in [0.2, 0.25) is 0 Å². The molecular weight excluding hydrogens is 476 g/mol. The molecule has 0 saturated carbocycles. The molecule has 2 rings (SSSR count). The van der Waals surface area contributed by atoms with Crippen molar-refractivity contribution in [2.75, 3.05) is 26.4 Å². The lowest BCUT2D eigenvalue weighted by atomic mass is 10.0. The minimum atomic E-state index is -0.502. The minimum Gasteiger partial charge on any atom is -0.486 e. The summed E-state index contributed by atoms with van der Waals surface area (Å²) in [5.41, 5.74) is 2.61. The molecule has 0 heterocycles. The molecule has 37 heavy (non-hydrogen) atoms. The van der Waals surface area contributed by atoms with Crippen molar-refractivity contribution in [1.29, 1.82) is 0 Å². The van der Waals surface area contributed by atoms with Gasteiger partial charge in [0.05, 0.1) is 0 Å².